The molecule has 17 heavy (non-hydrogen) atoms. The van der Waals surface area contributed by atoms with Crippen LogP contribution in [0.5, 0.6) is 0 Å². The molecule has 0 fully saturated rings. The summed E-state index contributed by atoms with van der Waals surface area (Å²) in [7, 11) is 0. The summed E-state index contributed by atoms with van der Waals surface area (Å²) >= 11 is 5.88. The van der Waals surface area contributed by atoms with Crippen molar-refractivity contribution in [3.05, 3.63) is 64.7 Å². The number of Topliss-reactive ketones (excluding diaryl/α,β-unsaturated/α-hetero) is 1. The molecule has 2 aromatic carbocycles. The number of rotatable bonds is 1. The van der Waals surface area contributed by atoms with Crippen molar-refractivity contribution in [2.75, 3.05) is 0 Å². The summed E-state index contributed by atoms with van der Waals surface area (Å²) < 4.78 is 0. The lowest BCUT2D eigenvalue weighted by atomic mass is 10.0. The number of aliphatic imine (C=N–C) groups is 1. The van der Waals surface area contributed by atoms with Crippen molar-refractivity contribution in [3.8, 4) is 0 Å². The van der Waals surface area contributed by atoms with Gasteiger partial charge in [-0.1, -0.05) is 41.9 Å². The summed E-state index contributed by atoms with van der Waals surface area (Å²) in [5.41, 5.74) is 2.60. The Balaban J connectivity index is 2.13. The third-order valence-corrected chi connectivity index (χ3v) is 2.93. The maximum atomic E-state index is 12.1. The SMILES string of the molecule is O=C1C(c2ccccc2)=Nc2cc(Cl)ccc21. The van der Waals surface area contributed by atoms with E-state index in [0.29, 0.717) is 22.0 Å². The highest BCUT2D eigenvalue weighted by Crippen LogP contribution is 2.31. The lowest BCUT2D eigenvalue weighted by Crippen LogP contribution is -2.10. The van der Waals surface area contributed by atoms with Gasteiger partial charge >= 0.3 is 0 Å². The van der Waals surface area contributed by atoms with E-state index in [9.17, 15) is 4.79 Å². The highest BCUT2D eigenvalue weighted by molar-refractivity contribution is 6.55. The summed E-state index contributed by atoms with van der Waals surface area (Å²) in [4.78, 5) is 16.5. The second-order valence-corrected chi connectivity index (χ2v) is 4.25. The summed E-state index contributed by atoms with van der Waals surface area (Å²) in [6.07, 6.45) is 0. The molecule has 0 aromatic heterocycles. The average Bonchev–Trinajstić information content (AvgIpc) is 2.67. The van der Waals surface area contributed by atoms with E-state index in [0.717, 1.165) is 5.56 Å². The third kappa shape index (κ3) is 1.67. The minimum atomic E-state index is -0.0390. The largest absolute Gasteiger partial charge is 0.287 e. The van der Waals surface area contributed by atoms with E-state index in [1.165, 1.54) is 0 Å². The molecule has 0 N–H and O–H groups in total. The number of hydrogen-bond donors (Lipinski definition) is 0. The molecule has 1 aliphatic heterocycles. The molecule has 2 aromatic rings. The molecule has 0 saturated heterocycles. The van der Waals surface area contributed by atoms with E-state index in [2.05, 4.69) is 4.99 Å². The van der Waals surface area contributed by atoms with E-state index in [1.807, 2.05) is 30.3 Å². The van der Waals surface area contributed by atoms with Crippen LogP contribution in [-0.4, -0.2) is 11.5 Å². The zero-order chi connectivity index (χ0) is 11.8. The van der Waals surface area contributed by atoms with Crippen LogP contribution in [0.15, 0.2) is 53.5 Å². The number of fused-ring (bicyclic) bond motifs is 1. The number of hydrogen-bond acceptors (Lipinski definition) is 2. The Hall–Kier alpha value is -1.93. The molecule has 0 bridgehead atoms. The quantitative estimate of drug-likeness (QED) is 0.749. The Morgan fingerprint density at radius 2 is 1.76 bits per heavy atom. The average molecular weight is 242 g/mol. The highest BCUT2D eigenvalue weighted by atomic mass is 35.5. The molecule has 82 valence electrons. The maximum absolute atomic E-state index is 12.1. The molecule has 0 aliphatic carbocycles. The number of halogens is 1. The number of carbonyl (C=O) groups excluding carboxylic acids is 1. The molecule has 0 amide bonds. The van der Waals surface area contributed by atoms with Crippen molar-refractivity contribution in [2.24, 2.45) is 4.99 Å². The second-order valence-electron chi connectivity index (χ2n) is 3.82. The first kappa shape index (κ1) is 10.2. The predicted octanol–water partition coefficient (Wildman–Crippen LogP) is 3.66. The lowest BCUT2D eigenvalue weighted by Gasteiger charge is -1.97. The molecular formula is C14H8ClNO. The molecule has 3 rings (SSSR count). The number of benzene rings is 2. The number of carbonyl (C=O) groups is 1. The lowest BCUT2D eigenvalue weighted by molar-refractivity contribution is 0.107. The standard InChI is InChI=1S/C14H8ClNO/c15-10-6-7-11-12(8-10)16-13(14(11)17)9-4-2-1-3-5-9/h1-8H. The van der Waals surface area contributed by atoms with Crippen molar-refractivity contribution in [3.63, 3.8) is 0 Å². The summed E-state index contributed by atoms with van der Waals surface area (Å²) in [5, 5.41) is 0.592. The van der Waals surface area contributed by atoms with Gasteiger partial charge < -0.3 is 0 Å². The van der Waals surface area contributed by atoms with Crippen molar-refractivity contribution < 1.29 is 4.79 Å². The molecule has 3 heteroatoms. The maximum Gasteiger partial charge on any atom is 0.214 e. The van der Waals surface area contributed by atoms with Gasteiger partial charge in [0.05, 0.1) is 5.69 Å². The van der Waals surface area contributed by atoms with E-state index < -0.39 is 0 Å². The first-order valence-corrected chi connectivity index (χ1v) is 5.62. The van der Waals surface area contributed by atoms with Crippen LogP contribution in [0.1, 0.15) is 15.9 Å². The van der Waals surface area contributed by atoms with Crippen LogP contribution < -0.4 is 0 Å². The number of ketones is 1. The molecule has 2 nitrogen and oxygen atoms in total. The van der Waals surface area contributed by atoms with Gasteiger partial charge in [-0.3, -0.25) is 4.79 Å². The highest BCUT2D eigenvalue weighted by Gasteiger charge is 2.25. The Bertz CT molecular complexity index is 632. The Labute approximate surface area is 104 Å². The van der Waals surface area contributed by atoms with Crippen molar-refractivity contribution in [2.45, 2.75) is 0 Å². The molecular weight excluding hydrogens is 234 g/mol. The molecule has 0 saturated carbocycles. The first-order valence-electron chi connectivity index (χ1n) is 5.24. The van der Waals surface area contributed by atoms with Crippen LogP contribution in [0.2, 0.25) is 5.02 Å². The zero-order valence-electron chi connectivity index (χ0n) is 8.85. The fourth-order valence-corrected chi connectivity index (χ4v) is 2.05. The predicted molar refractivity (Wildman–Crippen MR) is 68.4 cm³/mol. The topological polar surface area (TPSA) is 29.4 Å². The Kier molecular flexibility index (Phi) is 2.30. The van der Waals surface area contributed by atoms with Crippen LogP contribution in [0.25, 0.3) is 0 Å². The molecule has 0 unspecified atom stereocenters. The van der Waals surface area contributed by atoms with Crippen molar-refractivity contribution in [1.82, 2.24) is 0 Å². The van der Waals surface area contributed by atoms with Crippen LogP contribution in [0.4, 0.5) is 5.69 Å². The normalized spacial score (nSPS) is 13.5. The molecule has 0 atom stereocenters. The summed E-state index contributed by atoms with van der Waals surface area (Å²) in [6.45, 7) is 0. The van der Waals surface area contributed by atoms with E-state index >= 15 is 0 Å². The van der Waals surface area contributed by atoms with Gasteiger partial charge in [0.15, 0.2) is 0 Å². The third-order valence-electron chi connectivity index (χ3n) is 2.70. The van der Waals surface area contributed by atoms with Crippen molar-refractivity contribution >= 4 is 28.8 Å². The molecule has 1 heterocycles. The molecule has 0 spiro atoms. The molecule has 0 radical (unpaired) electrons. The van der Waals surface area contributed by atoms with Crippen molar-refractivity contribution in [1.29, 1.82) is 0 Å². The van der Waals surface area contributed by atoms with Gasteiger partial charge in [0, 0.05) is 16.1 Å². The first-order chi connectivity index (χ1) is 8.25. The van der Waals surface area contributed by atoms with E-state index in [4.69, 9.17) is 11.6 Å². The minimum absolute atomic E-state index is 0.0390. The number of nitrogens with zero attached hydrogens (tertiary/aromatic N) is 1. The van der Waals surface area contributed by atoms with Gasteiger partial charge in [0.2, 0.25) is 5.78 Å². The van der Waals surface area contributed by atoms with Crippen LogP contribution in [-0.2, 0) is 0 Å². The Morgan fingerprint density at radius 1 is 1.00 bits per heavy atom. The monoisotopic (exact) mass is 241 g/mol. The smallest absolute Gasteiger partial charge is 0.214 e. The van der Waals surface area contributed by atoms with Gasteiger partial charge in [-0.15, -0.1) is 0 Å². The zero-order valence-corrected chi connectivity index (χ0v) is 9.61. The van der Waals surface area contributed by atoms with Crippen LogP contribution in [0.3, 0.4) is 0 Å². The van der Waals surface area contributed by atoms with Gasteiger partial charge in [0.1, 0.15) is 5.71 Å². The van der Waals surface area contributed by atoms with Crippen LogP contribution >= 0.6 is 11.6 Å². The van der Waals surface area contributed by atoms with Gasteiger partial charge in [-0.05, 0) is 18.2 Å². The minimum Gasteiger partial charge on any atom is -0.287 e. The fraction of sp³-hybridized carbons (Fsp3) is 0. The summed E-state index contributed by atoms with van der Waals surface area (Å²) in [6, 6.07) is 14.6. The Morgan fingerprint density at radius 3 is 2.53 bits per heavy atom. The fourth-order valence-electron chi connectivity index (χ4n) is 1.88. The van der Waals surface area contributed by atoms with Gasteiger partial charge in [-0.25, -0.2) is 4.99 Å². The molecule has 1 aliphatic rings. The summed E-state index contributed by atoms with van der Waals surface area (Å²) in [5.74, 6) is -0.0390. The van der Waals surface area contributed by atoms with Gasteiger partial charge in [-0.2, -0.15) is 0 Å². The van der Waals surface area contributed by atoms with Gasteiger partial charge in [0.25, 0.3) is 0 Å². The van der Waals surface area contributed by atoms with Crippen LogP contribution in [0, 0.1) is 0 Å². The second kappa shape index (κ2) is 3.82. The van der Waals surface area contributed by atoms with E-state index in [1.54, 1.807) is 18.2 Å². The van der Waals surface area contributed by atoms with E-state index in [-0.39, 0.29) is 5.78 Å².